The normalized spacial score (nSPS) is 10.6. The first-order chi connectivity index (χ1) is 8.36. The van der Waals surface area contributed by atoms with E-state index in [1.165, 1.54) is 5.56 Å². The van der Waals surface area contributed by atoms with E-state index in [4.69, 9.17) is 0 Å². The van der Waals surface area contributed by atoms with Crippen molar-refractivity contribution in [3.05, 3.63) is 58.3 Å². The molecule has 0 atom stereocenters. The van der Waals surface area contributed by atoms with Crippen molar-refractivity contribution in [1.29, 1.82) is 0 Å². The Labute approximate surface area is 113 Å². The standard InChI is InChI=1S/C14H9IN2/c15-13-10-6-2-1-3-7-11(10)17-14(13)12-8-4-5-9-16-12/h1-9H. The second kappa shape index (κ2) is 4.41. The van der Waals surface area contributed by atoms with E-state index < -0.39 is 0 Å². The van der Waals surface area contributed by atoms with Crippen LogP contribution in [0.15, 0.2) is 54.7 Å². The predicted molar refractivity (Wildman–Crippen MR) is 76.8 cm³/mol. The van der Waals surface area contributed by atoms with Gasteiger partial charge in [0.15, 0.2) is 0 Å². The lowest BCUT2D eigenvalue weighted by molar-refractivity contribution is 1.28. The number of fused-ring (bicyclic) bond motifs is 1. The zero-order valence-electron chi connectivity index (χ0n) is 8.97. The molecule has 1 aromatic heterocycles. The Balaban J connectivity index is 2.26. The van der Waals surface area contributed by atoms with Gasteiger partial charge in [0.05, 0.1) is 15.0 Å². The average molecular weight is 332 g/mol. The molecular weight excluding hydrogens is 323 g/mol. The monoisotopic (exact) mass is 332 g/mol. The fourth-order valence-corrected chi connectivity index (χ4v) is 2.64. The maximum atomic E-state index is 4.65. The van der Waals surface area contributed by atoms with Crippen molar-refractivity contribution in [2.45, 2.75) is 0 Å². The number of rotatable bonds is 1. The summed E-state index contributed by atoms with van der Waals surface area (Å²) in [4.78, 5) is 9.01. The largest absolute Gasteiger partial charge is 0.255 e. The first-order valence-corrected chi connectivity index (χ1v) is 6.40. The summed E-state index contributed by atoms with van der Waals surface area (Å²) in [5, 5.41) is 0. The van der Waals surface area contributed by atoms with Crippen molar-refractivity contribution < 1.29 is 0 Å². The van der Waals surface area contributed by atoms with Crippen LogP contribution in [-0.2, 0) is 0 Å². The zero-order valence-corrected chi connectivity index (χ0v) is 11.1. The lowest BCUT2D eigenvalue weighted by Crippen LogP contribution is -1.83. The van der Waals surface area contributed by atoms with Gasteiger partial charge < -0.3 is 0 Å². The van der Waals surface area contributed by atoms with E-state index in [-0.39, 0.29) is 0 Å². The molecule has 0 unspecified atom stereocenters. The molecule has 0 saturated heterocycles. The number of nitrogens with zero attached hydrogens (tertiary/aromatic N) is 2. The predicted octanol–water partition coefficient (Wildman–Crippen LogP) is 3.85. The molecule has 1 aromatic rings. The van der Waals surface area contributed by atoms with E-state index in [2.05, 4.69) is 38.6 Å². The van der Waals surface area contributed by atoms with Crippen LogP contribution in [0.4, 0.5) is 0 Å². The molecule has 2 aliphatic rings. The van der Waals surface area contributed by atoms with Crippen LogP contribution in [0.3, 0.4) is 0 Å². The molecule has 0 N–H and O–H groups in total. The molecule has 0 spiro atoms. The van der Waals surface area contributed by atoms with Gasteiger partial charge in [-0.25, -0.2) is 4.98 Å². The summed E-state index contributed by atoms with van der Waals surface area (Å²) < 4.78 is 1.16. The Morgan fingerprint density at radius 1 is 0.824 bits per heavy atom. The van der Waals surface area contributed by atoms with Crippen LogP contribution in [0, 0.1) is 3.57 Å². The van der Waals surface area contributed by atoms with Gasteiger partial charge in [-0.2, -0.15) is 0 Å². The number of aromatic nitrogens is 2. The maximum Gasteiger partial charge on any atom is 0.103 e. The quantitative estimate of drug-likeness (QED) is 0.633. The highest BCUT2D eigenvalue weighted by Crippen LogP contribution is 2.33. The molecular formula is C14H9IN2. The van der Waals surface area contributed by atoms with Crippen molar-refractivity contribution in [2.24, 2.45) is 0 Å². The fraction of sp³-hybridized carbons (Fsp3) is 0. The van der Waals surface area contributed by atoms with Crippen LogP contribution in [0.25, 0.3) is 22.6 Å². The van der Waals surface area contributed by atoms with Gasteiger partial charge in [-0.15, -0.1) is 0 Å². The summed E-state index contributed by atoms with van der Waals surface area (Å²) in [6.07, 6.45) is 1.80. The molecule has 3 heteroatoms. The number of hydrogen-bond donors (Lipinski definition) is 0. The van der Waals surface area contributed by atoms with Crippen molar-refractivity contribution >= 4 is 22.6 Å². The van der Waals surface area contributed by atoms with Crippen LogP contribution in [0.5, 0.6) is 0 Å². The molecule has 0 aromatic carbocycles. The Hall–Kier alpha value is -1.49. The van der Waals surface area contributed by atoms with Gasteiger partial charge in [-0.05, 0) is 40.8 Å². The van der Waals surface area contributed by atoms with Crippen LogP contribution in [0.2, 0.25) is 0 Å². The molecule has 17 heavy (non-hydrogen) atoms. The third-order valence-corrected chi connectivity index (χ3v) is 3.69. The first-order valence-electron chi connectivity index (χ1n) is 5.32. The molecule has 1 aliphatic carbocycles. The number of pyridine rings is 1. The van der Waals surface area contributed by atoms with E-state index in [9.17, 15) is 0 Å². The van der Waals surface area contributed by atoms with Crippen molar-refractivity contribution in [3.8, 4) is 22.6 Å². The minimum Gasteiger partial charge on any atom is -0.255 e. The van der Waals surface area contributed by atoms with E-state index in [1.54, 1.807) is 6.20 Å². The lowest BCUT2D eigenvalue weighted by Gasteiger charge is -1.95. The van der Waals surface area contributed by atoms with Gasteiger partial charge in [-0.3, -0.25) is 4.98 Å². The molecule has 0 fully saturated rings. The summed E-state index contributed by atoms with van der Waals surface area (Å²) in [5.41, 5.74) is 4.08. The topological polar surface area (TPSA) is 25.8 Å². The highest BCUT2D eigenvalue weighted by atomic mass is 127. The SMILES string of the molecule is Ic1c2cccccc-2nc1-c1ccccn1. The molecule has 2 heterocycles. The van der Waals surface area contributed by atoms with Crippen molar-refractivity contribution in [1.82, 2.24) is 9.97 Å². The summed E-state index contributed by atoms with van der Waals surface area (Å²) >= 11 is 2.34. The molecule has 3 rings (SSSR count). The molecule has 2 nitrogen and oxygen atoms in total. The van der Waals surface area contributed by atoms with Crippen LogP contribution >= 0.6 is 22.6 Å². The second-order valence-corrected chi connectivity index (χ2v) is 4.78. The molecule has 0 radical (unpaired) electrons. The van der Waals surface area contributed by atoms with E-state index in [1.807, 2.05) is 42.5 Å². The van der Waals surface area contributed by atoms with Crippen molar-refractivity contribution in [2.75, 3.05) is 0 Å². The first kappa shape index (κ1) is 10.7. The summed E-state index contributed by atoms with van der Waals surface area (Å²) in [5.74, 6) is 0. The second-order valence-electron chi connectivity index (χ2n) is 3.70. The Bertz CT molecular complexity index is 622. The van der Waals surface area contributed by atoms with Gasteiger partial charge in [0, 0.05) is 11.8 Å². The smallest absolute Gasteiger partial charge is 0.103 e. The van der Waals surface area contributed by atoms with Crippen LogP contribution in [0.1, 0.15) is 0 Å². The molecule has 0 bridgehead atoms. The van der Waals surface area contributed by atoms with E-state index in [0.29, 0.717) is 0 Å². The third-order valence-electron chi connectivity index (χ3n) is 2.60. The third kappa shape index (κ3) is 1.91. The summed E-state index contributed by atoms with van der Waals surface area (Å²) in [7, 11) is 0. The minimum atomic E-state index is 0.927. The highest BCUT2D eigenvalue weighted by Gasteiger charge is 2.16. The zero-order chi connectivity index (χ0) is 11.7. The Morgan fingerprint density at radius 2 is 1.59 bits per heavy atom. The highest BCUT2D eigenvalue weighted by molar-refractivity contribution is 14.1. The molecule has 1 aliphatic heterocycles. The van der Waals surface area contributed by atoms with E-state index >= 15 is 0 Å². The summed E-state index contributed by atoms with van der Waals surface area (Å²) in [6.45, 7) is 0. The lowest BCUT2D eigenvalue weighted by atomic mass is 10.2. The minimum absolute atomic E-state index is 0.927. The number of hydrogen-bond acceptors (Lipinski definition) is 2. The van der Waals surface area contributed by atoms with Gasteiger partial charge >= 0.3 is 0 Å². The Kier molecular flexibility index (Phi) is 2.76. The van der Waals surface area contributed by atoms with Gasteiger partial charge in [0.1, 0.15) is 5.69 Å². The fourth-order valence-electron chi connectivity index (χ4n) is 1.79. The van der Waals surface area contributed by atoms with E-state index in [0.717, 1.165) is 20.7 Å². The van der Waals surface area contributed by atoms with Crippen LogP contribution < -0.4 is 0 Å². The van der Waals surface area contributed by atoms with Gasteiger partial charge in [0.2, 0.25) is 0 Å². The van der Waals surface area contributed by atoms with Gasteiger partial charge in [0.25, 0.3) is 0 Å². The Morgan fingerprint density at radius 3 is 2.41 bits per heavy atom. The molecule has 0 amide bonds. The molecule has 0 saturated carbocycles. The van der Waals surface area contributed by atoms with Crippen molar-refractivity contribution in [3.63, 3.8) is 0 Å². The maximum absolute atomic E-state index is 4.65. The van der Waals surface area contributed by atoms with Crippen LogP contribution in [-0.4, -0.2) is 9.97 Å². The molecule has 82 valence electrons. The summed E-state index contributed by atoms with van der Waals surface area (Å²) in [6, 6.07) is 16.1. The average Bonchev–Trinajstić information content (AvgIpc) is 2.56. The number of halogens is 1. The van der Waals surface area contributed by atoms with Gasteiger partial charge in [-0.1, -0.05) is 30.3 Å².